The SMILES string of the molecule is COc1ccc(Cn2c(C(F)(F)F)nc3sc(N4CCCC4C(=O)NCc4ccccc4)nc3c2=O)c(OC)c1. The van der Waals surface area contributed by atoms with E-state index in [4.69, 9.17) is 9.47 Å². The number of nitrogens with one attached hydrogen (secondary N) is 1. The van der Waals surface area contributed by atoms with Gasteiger partial charge in [0.1, 0.15) is 17.5 Å². The van der Waals surface area contributed by atoms with E-state index in [1.807, 2.05) is 30.3 Å². The first kappa shape index (κ1) is 27.4. The van der Waals surface area contributed by atoms with Crippen molar-refractivity contribution in [3.8, 4) is 11.5 Å². The highest BCUT2D eigenvalue weighted by Crippen LogP contribution is 2.35. The van der Waals surface area contributed by atoms with Crippen molar-refractivity contribution < 1.29 is 27.4 Å². The second-order valence-electron chi connectivity index (χ2n) is 9.21. The lowest BCUT2D eigenvalue weighted by Crippen LogP contribution is -2.43. The van der Waals surface area contributed by atoms with Gasteiger partial charge in [-0.2, -0.15) is 13.2 Å². The van der Waals surface area contributed by atoms with E-state index in [-0.39, 0.29) is 27.1 Å². The highest BCUT2D eigenvalue weighted by molar-refractivity contribution is 7.21. The van der Waals surface area contributed by atoms with Crippen LogP contribution in [0, 0.1) is 0 Å². The van der Waals surface area contributed by atoms with Crippen LogP contribution in [0.5, 0.6) is 11.5 Å². The van der Waals surface area contributed by atoms with E-state index < -0.39 is 30.1 Å². The molecular formula is C27H26F3N5O4S. The standard InChI is InChI=1S/C27H26F3N5O4S/c1-38-18-11-10-17(20(13-18)39-2)15-35-24(37)21-23(33-25(35)27(28,29)30)40-26(32-21)34-12-6-9-19(34)22(36)31-14-16-7-4-3-5-8-16/h3-5,7-8,10-11,13,19H,6,9,12,14-15H2,1-2H3,(H,31,36). The third kappa shape index (κ3) is 5.46. The molecule has 0 spiro atoms. The quantitative estimate of drug-likeness (QED) is 0.337. The Morgan fingerprint density at radius 1 is 1.12 bits per heavy atom. The highest BCUT2D eigenvalue weighted by Gasteiger charge is 2.39. The molecule has 1 amide bonds. The summed E-state index contributed by atoms with van der Waals surface area (Å²) < 4.78 is 53.3. The van der Waals surface area contributed by atoms with Crippen LogP contribution >= 0.6 is 11.3 Å². The summed E-state index contributed by atoms with van der Waals surface area (Å²) >= 11 is 0.871. The minimum Gasteiger partial charge on any atom is -0.497 e. The number of amides is 1. The number of aromatic nitrogens is 3. The predicted molar refractivity (Wildman–Crippen MR) is 144 cm³/mol. The maximum Gasteiger partial charge on any atom is 0.449 e. The number of ether oxygens (including phenoxy) is 2. The maximum absolute atomic E-state index is 14.1. The van der Waals surface area contributed by atoms with Gasteiger partial charge in [0, 0.05) is 24.7 Å². The molecule has 1 unspecified atom stereocenters. The summed E-state index contributed by atoms with van der Waals surface area (Å²) in [7, 11) is 2.83. The van der Waals surface area contributed by atoms with E-state index in [9.17, 15) is 22.8 Å². The number of halogens is 3. The first-order valence-electron chi connectivity index (χ1n) is 12.5. The van der Waals surface area contributed by atoms with Gasteiger partial charge in [-0.1, -0.05) is 41.7 Å². The first-order valence-corrected chi connectivity index (χ1v) is 13.3. The van der Waals surface area contributed by atoms with Crippen molar-refractivity contribution in [3.05, 3.63) is 75.8 Å². The lowest BCUT2D eigenvalue weighted by Gasteiger charge is -2.23. The van der Waals surface area contributed by atoms with Crippen molar-refractivity contribution in [2.45, 2.75) is 38.1 Å². The Kier molecular flexibility index (Phi) is 7.66. The highest BCUT2D eigenvalue weighted by atomic mass is 32.1. The van der Waals surface area contributed by atoms with Crippen molar-refractivity contribution in [1.29, 1.82) is 0 Å². The fourth-order valence-corrected chi connectivity index (χ4v) is 5.71. The Bertz CT molecular complexity index is 1590. The van der Waals surface area contributed by atoms with Gasteiger partial charge in [0.15, 0.2) is 15.5 Å². The summed E-state index contributed by atoms with van der Waals surface area (Å²) in [4.78, 5) is 36.3. The van der Waals surface area contributed by atoms with Crippen LogP contribution in [0.1, 0.15) is 29.8 Å². The number of methoxy groups -OCH3 is 2. The molecule has 210 valence electrons. The van der Waals surface area contributed by atoms with Crippen LogP contribution in [-0.2, 0) is 24.1 Å². The Hall–Kier alpha value is -4.13. The molecule has 0 radical (unpaired) electrons. The molecule has 9 nitrogen and oxygen atoms in total. The van der Waals surface area contributed by atoms with Crippen LogP contribution in [0.4, 0.5) is 18.3 Å². The zero-order valence-corrected chi connectivity index (χ0v) is 22.5. The number of alkyl halides is 3. The van der Waals surface area contributed by atoms with E-state index in [1.54, 1.807) is 11.0 Å². The third-order valence-corrected chi connectivity index (χ3v) is 7.68. The van der Waals surface area contributed by atoms with Gasteiger partial charge in [0.05, 0.1) is 20.8 Å². The molecular weight excluding hydrogens is 547 g/mol. The minimum atomic E-state index is -4.90. The van der Waals surface area contributed by atoms with Gasteiger partial charge >= 0.3 is 6.18 Å². The second-order valence-corrected chi connectivity index (χ2v) is 10.2. The number of nitrogens with zero attached hydrogens (tertiary/aromatic N) is 4. The van der Waals surface area contributed by atoms with Gasteiger partial charge in [-0.25, -0.2) is 9.97 Å². The fourth-order valence-electron chi connectivity index (χ4n) is 4.71. The van der Waals surface area contributed by atoms with Crippen molar-refractivity contribution >= 4 is 32.7 Å². The van der Waals surface area contributed by atoms with Gasteiger partial charge in [-0.3, -0.25) is 14.2 Å². The smallest absolute Gasteiger partial charge is 0.449 e. The summed E-state index contributed by atoms with van der Waals surface area (Å²) in [5.41, 5.74) is 0.165. The normalized spacial score (nSPS) is 15.4. The number of thiazole rings is 1. The summed E-state index contributed by atoms with van der Waals surface area (Å²) in [6.45, 7) is 0.386. The summed E-state index contributed by atoms with van der Waals surface area (Å²) in [5, 5.41) is 3.20. The van der Waals surface area contributed by atoms with Crippen molar-refractivity contribution in [2.75, 3.05) is 25.7 Å². The van der Waals surface area contributed by atoms with Crippen LogP contribution in [0.15, 0.2) is 53.3 Å². The number of carbonyl (C=O) groups is 1. The van der Waals surface area contributed by atoms with Crippen LogP contribution in [0.2, 0.25) is 0 Å². The molecule has 4 aromatic rings. The molecule has 1 atom stereocenters. The number of hydrogen-bond acceptors (Lipinski definition) is 8. The molecule has 40 heavy (non-hydrogen) atoms. The molecule has 1 saturated heterocycles. The second kappa shape index (κ2) is 11.2. The van der Waals surface area contributed by atoms with E-state index in [0.29, 0.717) is 41.8 Å². The van der Waals surface area contributed by atoms with Crippen LogP contribution in [0.25, 0.3) is 10.3 Å². The molecule has 2 aromatic heterocycles. The van der Waals surface area contributed by atoms with Gasteiger partial charge in [-0.15, -0.1) is 0 Å². The molecule has 3 heterocycles. The number of carbonyl (C=O) groups excluding carboxylic acids is 1. The third-order valence-electron chi connectivity index (χ3n) is 6.70. The van der Waals surface area contributed by atoms with Crippen molar-refractivity contribution in [3.63, 3.8) is 0 Å². The molecule has 0 aliphatic carbocycles. The summed E-state index contributed by atoms with van der Waals surface area (Å²) in [6.07, 6.45) is -3.65. The first-order chi connectivity index (χ1) is 19.2. The lowest BCUT2D eigenvalue weighted by molar-refractivity contribution is -0.147. The average Bonchev–Trinajstić information content (AvgIpc) is 3.61. The van der Waals surface area contributed by atoms with Crippen molar-refractivity contribution in [2.24, 2.45) is 0 Å². The predicted octanol–water partition coefficient (Wildman–Crippen LogP) is 4.22. The van der Waals surface area contributed by atoms with Gasteiger partial charge in [-0.05, 0) is 30.5 Å². The Balaban J connectivity index is 1.48. The topological polar surface area (TPSA) is 98.6 Å². The molecule has 5 rings (SSSR count). The number of rotatable bonds is 8. The van der Waals surface area contributed by atoms with Gasteiger partial charge in [0.2, 0.25) is 11.7 Å². The largest absolute Gasteiger partial charge is 0.497 e. The zero-order chi connectivity index (χ0) is 28.4. The zero-order valence-electron chi connectivity index (χ0n) is 21.7. The Morgan fingerprint density at radius 2 is 1.90 bits per heavy atom. The molecule has 1 aliphatic rings. The fraction of sp³-hybridized carbons (Fsp3) is 0.333. The summed E-state index contributed by atoms with van der Waals surface area (Å²) in [6, 6.07) is 13.5. The lowest BCUT2D eigenvalue weighted by atomic mass is 10.2. The van der Waals surface area contributed by atoms with Crippen LogP contribution in [-0.4, -0.2) is 47.2 Å². The number of benzene rings is 2. The van der Waals surface area contributed by atoms with E-state index in [0.717, 1.165) is 16.9 Å². The number of anilines is 1. The monoisotopic (exact) mass is 573 g/mol. The number of hydrogen-bond donors (Lipinski definition) is 1. The van der Waals surface area contributed by atoms with E-state index >= 15 is 0 Å². The van der Waals surface area contributed by atoms with E-state index in [2.05, 4.69) is 15.3 Å². The van der Waals surface area contributed by atoms with Crippen molar-refractivity contribution in [1.82, 2.24) is 19.9 Å². The average molecular weight is 574 g/mol. The molecule has 1 fully saturated rings. The van der Waals surface area contributed by atoms with E-state index in [1.165, 1.54) is 26.4 Å². The molecule has 1 aliphatic heterocycles. The molecule has 2 aromatic carbocycles. The number of fused-ring (bicyclic) bond motifs is 1. The Labute approximate surface area is 231 Å². The van der Waals surface area contributed by atoms with Crippen LogP contribution < -0.4 is 25.2 Å². The molecule has 0 bridgehead atoms. The minimum absolute atomic E-state index is 0.138. The molecule has 1 N–H and O–H groups in total. The van der Waals surface area contributed by atoms with Gasteiger partial charge < -0.3 is 19.7 Å². The molecule has 0 saturated carbocycles. The van der Waals surface area contributed by atoms with Gasteiger partial charge in [0.25, 0.3) is 5.56 Å². The maximum atomic E-state index is 14.1. The molecule has 13 heteroatoms. The van der Waals surface area contributed by atoms with Crippen LogP contribution in [0.3, 0.4) is 0 Å². The Morgan fingerprint density at radius 3 is 2.60 bits per heavy atom. The summed E-state index contributed by atoms with van der Waals surface area (Å²) in [5.74, 6) is -0.834.